The molecule has 1 saturated heterocycles. The van der Waals surface area contributed by atoms with Gasteiger partial charge in [0.05, 0.1) is 5.25 Å². The maximum atomic E-state index is 11.0. The Bertz CT molecular complexity index is 181. The molecule has 1 unspecified atom stereocenters. The standard InChI is InChI=1S/C6H9NO2S/c1-7-5(8)3-4(10-2)6(7)9/h4H,3H2,1-2H3. The number of imide groups is 1. The molecule has 0 bridgehead atoms. The normalized spacial score (nSPS) is 26.2. The molecule has 0 N–H and O–H groups in total. The summed E-state index contributed by atoms with van der Waals surface area (Å²) in [5.74, 6) is -0.123. The van der Waals surface area contributed by atoms with Gasteiger partial charge in [-0.05, 0) is 6.26 Å². The molecule has 0 aliphatic carbocycles. The van der Waals surface area contributed by atoms with Crippen molar-refractivity contribution >= 4 is 23.6 Å². The Morgan fingerprint density at radius 3 is 2.40 bits per heavy atom. The predicted octanol–water partition coefficient (Wildman–Crippen LogP) is 0.107. The van der Waals surface area contributed by atoms with Crippen molar-refractivity contribution in [2.75, 3.05) is 13.3 Å². The third-order valence-corrected chi connectivity index (χ3v) is 2.56. The topological polar surface area (TPSA) is 37.4 Å². The average molecular weight is 159 g/mol. The fourth-order valence-corrected chi connectivity index (χ4v) is 1.57. The summed E-state index contributed by atoms with van der Waals surface area (Å²) in [6.07, 6.45) is 2.21. The van der Waals surface area contributed by atoms with Crippen LogP contribution in [0.2, 0.25) is 0 Å². The fourth-order valence-electron chi connectivity index (χ4n) is 0.906. The first-order valence-corrected chi connectivity index (χ1v) is 4.29. The van der Waals surface area contributed by atoms with Gasteiger partial charge in [0.2, 0.25) is 11.8 Å². The highest BCUT2D eigenvalue weighted by Gasteiger charge is 2.34. The molecule has 1 atom stereocenters. The van der Waals surface area contributed by atoms with Crippen molar-refractivity contribution in [2.45, 2.75) is 11.7 Å². The SMILES string of the molecule is CSC1CC(=O)N(C)C1=O. The zero-order valence-electron chi connectivity index (χ0n) is 5.96. The summed E-state index contributed by atoms with van der Waals surface area (Å²) in [6, 6.07) is 0. The van der Waals surface area contributed by atoms with Crippen molar-refractivity contribution in [3.63, 3.8) is 0 Å². The van der Waals surface area contributed by atoms with E-state index in [4.69, 9.17) is 0 Å². The zero-order chi connectivity index (χ0) is 7.72. The number of carbonyl (C=O) groups excluding carboxylic acids is 2. The molecule has 2 amide bonds. The summed E-state index contributed by atoms with van der Waals surface area (Å²) in [5, 5.41) is -0.127. The lowest BCUT2D eigenvalue weighted by molar-refractivity contribution is -0.136. The van der Waals surface area contributed by atoms with Crippen LogP contribution < -0.4 is 0 Å². The Labute approximate surface area is 63.8 Å². The molecule has 0 radical (unpaired) electrons. The van der Waals surface area contributed by atoms with Crippen molar-refractivity contribution in [3.05, 3.63) is 0 Å². The minimum absolute atomic E-state index is 0.0579. The highest BCUT2D eigenvalue weighted by molar-refractivity contribution is 8.00. The number of hydrogen-bond donors (Lipinski definition) is 0. The van der Waals surface area contributed by atoms with E-state index < -0.39 is 0 Å². The molecular weight excluding hydrogens is 150 g/mol. The molecule has 0 aromatic rings. The summed E-state index contributed by atoms with van der Waals surface area (Å²) >= 11 is 1.44. The molecule has 1 aliphatic rings. The van der Waals surface area contributed by atoms with Gasteiger partial charge in [0.25, 0.3) is 0 Å². The van der Waals surface area contributed by atoms with Crippen LogP contribution in [0.3, 0.4) is 0 Å². The average Bonchev–Trinajstić information content (AvgIpc) is 2.17. The molecule has 10 heavy (non-hydrogen) atoms. The van der Waals surface area contributed by atoms with Crippen molar-refractivity contribution in [1.29, 1.82) is 0 Å². The third kappa shape index (κ3) is 1.03. The van der Waals surface area contributed by atoms with Crippen molar-refractivity contribution in [1.82, 2.24) is 4.90 Å². The van der Waals surface area contributed by atoms with Gasteiger partial charge in [-0.25, -0.2) is 0 Å². The first-order chi connectivity index (χ1) is 4.66. The molecule has 0 spiro atoms. The van der Waals surface area contributed by atoms with Crippen LogP contribution in [-0.4, -0.2) is 35.3 Å². The Hall–Kier alpha value is -0.510. The van der Waals surface area contributed by atoms with E-state index in [1.807, 2.05) is 6.26 Å². The third-order valence-electron chi connectivity index (χ3n) is 1.62. The molecular formula is C6H9NO2S. The first-order valence-electron chi connectivity index (χ1n) is 3.00. The summed E-state index contributed by atoms with van der Waals surface area (Å²) in [7, 11) is 1.53. The Kier molecular flexibility index (Phi) is 1.99. The van der Waals surface area contributed by atoms with Gasteiger partial charge in [-0.15, -0.1) is 0 Å². The van der Waals surface area contributed by atoms with E-state index in [9.17, 15) is 9.59 Å². The van der Waals surface area contributed by atoms with Crippen LogP contribution >= 0.6 is 11.8 Å². The molecule has 1 aliphatic heterocycles. The van der Waals surface area contributed by atoms with Gasteiger partial charge in [-0.2, -0.15) is 11.8 Å². The smallest absolute Gasteiger partial charge is 0.242 e. The van der Waals surface area contributed by atoms with Gasteiger partial charge in [0, 0.05) is 13.5 Å². The maximum Gasteiger partial charge on any atom is 0.242 e. The lowest BCUT2D eigenvalue weighted by Crippen LogP contribution is -2.26. The van der Waals surface area contributed by atoms with Crippen molar-refractivity contribution < 1.29 is 9.59 Å². The van der Waals surface area contributed by atoms with Crippen LogP contribution in [-0.2, 0) is 9.59 Å². The summed E-state index contributed by atoms with van der Waals surface area (Å²) in [6.45, 7) is 0. The lowest BCUT2D eigenvalue weighted by atomic mass is 10.4. The fraction of sp³-hybridized carbons (Fsp3) is 0.667. The van der Waals surface area contributed by atoms with E-state index in [1.165, 1.54) is 23.7 Å². The number of amides is 2. The molecule has 0 saturated carbocycles. The Morgan fingerprint density at radius 1 is 1.60 bits per heavy atom. The molecule has 1 fully saturated rings. The van der Waals surface area contributed by atoms with E-state index in [0.29, 0.717) is 6.42 Å². The monoisotopic (exact) mass is 159 g/mol. The largest absolute Gasteiger partial charge is 0.285 e. The molecule has 4 heteroatoms. The number of rotatable bonds is 1. The maximum absolute atomic E-state index is 11.0. The predicted molar refractivity (Wildman–Crippen MR) is 39.7 cm³/mol. The number of likely N-dealkylation sites (tertiary alicyclic amines) is 1. The van der Waals surface area contributed by atoms with Crippen molar-refractivity contribution in [3.8, 4) is 0 Å². The van der Waals surface area contributed by atoms with Crippen LogP contribution in [0.15, 0.2) is 0 Å². The van der Waals surface area contributed by atoms with E-state index in [0.717, 1.165) is 0 Å². The quantitative estimate of drug-likeness (QED) is 0.509. The van der Waals surface area contributed by atoms with Crippen molar-refractivity contribution in [2.24, 2.45) is 0 Å². The number of hydrogen-bond acceptors (Lipinski definition) is 3. The molecule has 1 heterocycles. The van der Waals surface area contributed by atoms with Gasteiger partial charge in [-0.1, -0.05) is 0 Å². The second-order valence-electron chi connectivity index (χ2n) is 2.22. The first kappa shape index (κ1) is 7.60. The molecule has 1 rings (SSSR count). The van der Waals surface area contributed by atoms with Gasteiger partial charge in [-0.3, -0.25) is 14.5 Å². The molecule has 3 nitrogen and oxygen atoms in total. The molecule has 0 aromatic heterocycles. The highest BCUT2D eigenvalue weighted by Crippen LogP contribution is 2.21. The van der Waals surface area contributed by atoms with E-state index >= 15 is 0 Å². The Morgan fingerprint density at radius 2 is 2.20 bits per heavy atom. The van der Waals surface area contributed by atoms with E-state index in [2.05, 4.69) is 0 Å². The summed E-state index contributed by atoms with van der Waals surface area (Å²) < 4.78 is 0. The van der Waals surface area contributed by atoms with Crippen LogP contribution in [0, 0.1) is 0 Å². The Balaban J connectivity index is 2.71. The summed E-state index contributed by atoms with van der Waals surface area (Å²) in [5.41, 5.74) is 0. The van der Waals surface area contributed by atoms with Crippen LogP contribution in [0.1, 0.15) is 6.42 Å². The second kappa shape index (κ2) is 2.62. The van der Waals surface area contributed by atoms with Crippen LogP contribution in [0.25, 0.3) is 0 Å². The van der Waals surface area contributed by atoms with Gasteiger partial charge < -0.3 is 0 Å². The number of nitrogens with zero attached hydrogens (tertiary/aromatic N) is 1. The van der Waals surface area contributed by atoms with Crippen LogP contribution in [0.4, 0.5) is 0 Å². The number of thioether (sulfide) groups is 1. The minimum Gasteiger partial charge on any atom is -0.285 e. The minimum atomic E-state index is -0.127. The lowest BCUT2D eigenvalue weighted by Gasteiger charge is -2.04. The summed E-state index contributed by atoms with van der Waals surface area (Å²) in [4.78, 5) is 23.1. The van der Waals surface area contributed by atoms with Gasteiger partial charge in [0.1, 0.15) is 0 Å². The van der Waals surface area contributed by atoms with Gasteiger partial charge in [0.15, 0.2) is 0 Å². The second-order valence-corrected chi connectivity index (χ2v) is 3.26. The zero-order valence-corrected chi connectivity index (χ0v) is 6.77. The van der Waals surface area contributed by atoms with Crippen LogP contribution in [0.5, 0.6) is 0 Å². The van der Waals surface area contributed by atoms with Gasteiger partial charge >= 0.3 is 0 Å². The highest BCUT2D eigenvalue weighted by atomic mass is 32.2. The molecule has 0 aromatic carbocycles. The number of carbonyl (C=O) groups is 2. The van der Waals surface area contributed by atoms with E-state index in [1.54, 1.807) is 0 Å². The molecule has 56 valence electrons. The van der Waals surface area contributed by atoms with E-state index in [-0.39, 0.29) is 17.1 Å².